The molecule has 0 radical (unpaired) electrons. The minimum atomic E-state index is -1.66. The Bertz CT molecular complexity index is 395. The molecule has 0 aromatic carbocycles. The fourth-order valence-corrected chi connectivity index (χ4v) is 4.56. The zero-order chi connectivity index (χ0) is 13.1. The average molecular weight is 302 g/mol. The minimum Gasteiger partial charge on any atom is -0.349 e. The molecule has 2 aliphatic carbocycles. The zero-order valence-electron chi connectivity index (χ0n) is 9.26. The summed E-state index contributed by atoms with van der Waals surface area (Å²) in [6.45, 7) is 0. The van der Waals surface area contributed by atoms with Crippen molar-refractivity contribution < 1.29 is 19.1 Å². The van der Waals surface area contributed by atoms with E-state index in [0.717, 1.165) is 0 Å². The lowest BCUT2D eigenvalue weighted by Crippen LogP contribution is -2.57. The van der Waals surface area contributed by atoms with Gasteiger partial charge in [-0.3, -0.25) is 9.59 Å². The lowest BCUT2D eigenvalue weighted by atomic mass is 9.87. The number of rotatable bonds is 3. The first kappa shape index (κ1) is 13.6. The molecule has 0 unspecified atom stereocenters. The van der Waals surface area contributed by atoms with Crippen LogP contribution in [0.4, 0.5) is 0 Å². The van der Waals surface area contributed by atoms with Crippen LogP contribution < -0.4 is 0 Å². The number of halogens is 3. The molecule has 2 saturated carbocycles. The third-order valence-electron chi connectivity index (χ3n) is 3.75. The predicted molar refractivity (Wildman–Crippen MR) is 62.8 cm³/mol. The van der Waals surface area contributed by atoms with Crippen molar-refractivity contribution in [3.05, 3.63) is 0 Å². The van der Waals surface area contributed by atoms with Crippen molar-refractivity contribution in [3.8, 4) is 0 Å². The first-order chi connectivity index (χ1) is 7.85. The van der Waals surface area contributed by atoms with Crippen molar-refractivity contribution in [2.24, 2.45) is 5.92 Å². The molecule has 2 aliphatic rings. The number of alkyl halides is 3. The molecule has 4 nitrogen and oxygen atoms in total. The molecule has 2 bridgehead atoms. The number of carbonyl (C=O) groups is 2. The van der Waals surface area contributed by atoms with Crippen LogP contribution in [0.5, 0.6) is 0 Å². The number of hydrogen-bond acceptors (Lipinski definition) is 4. The molecule has 0 spiro atoms. The first-order valence-electron chi connectivity index (χ1n) is 4.99. The quantitative estimate of drug-likeness (QED) is 0.448. The van der Waals surface area contributed by atoms with Gasteiger partial charge < -0.3 is 9.47 Å². The molecule has 0 heterocycles. The van der Waals surface area contributed by atoms with Crippen molar-refractivity contribution in [3.63, 3.8) is 0 Å². The number of Topliss-reactive ketones (excluding diaryl/α,β-unsaturated/α-hetero) is 2. The molecular weight excluding hydrogens is 290 g/mol. The van der Waals surface area contributed by atoms with Gasteiger partial charge in [0.2, 0.25) is 17.4 Å². The molecule has 0 aliphatic heterocycles. The van der Waals surface area contributed by atoms with Crippen LogP contribution in [0.3, 0.4) is 0 Å². The van der Waals surface area contributed by atoms with E-state index in [-0.39, 0.29) is 12.3 Å². The second-order valence-corrected chi connectivity index (χ2v) is 5.80. The summed E-state index contributed by atoms with van der Waals surface area (Å²) in [7, 11) is 2.61. The summed E-state index contributed by atoms with van der Waals surface area (Å²) < 4.78 is 10.5. The molecule has 0 aromatic heterocycles. The number of carbonyl (C=O) groups excluding carboxylic acids is 2. The van der Waals surface area contributed by atoms with E-state index < -0.39 is 33.0 Å². The summed E-state index contributed by atoms with van der Waals surface area (Å²) in [4.78, 5) is 20.7. The first-order valence-corrected chi connectivity index (χ1v) is 6.28. The number of ketones is 2. The molecule has 2 fully saturated rings. The van der Waals surface area contributed by atoms with Gasteiger partial charge in [0.25, 0.3) is 0 Å². The Hall–Kier alpha value is 0.130. The molecule has 2 rings (SSSR count). The van der Waals surface area contributed by atoms with Gasteiger partial charge in [0.1, 0.15) is 0 Å². The maximum atomic E-state index is 12.0. The normalized spacial score (nSPS) is 43.5. The van der Waals surface area contributed by atoms with Gasteiger partial charge in [0.05, 0.1) is 0 Å². The van der Waals surface area contributed by atoms with Crippen LogP contribution in [-0.4, -0.2) is 47.2 Å². The van der Waals surface area contributed by atoms with E-state index in [9.17, 15) is 9.59 Å². The van der Waals surface area contributed by atoms with Crippen LogP contribution in [0.2, 0.25) is 0 Å². The Morgan fingerprint density at radius 1 is 1.24 bits per heavy atom. The monoisotopic (exact) mass is 300 g/mol. The Morgan fingerprint density at radius 3 is 2.12 bits per heavy atom. The van der Waals surface area contributed by atoms with Crippen LogP contribution in [0.15, 0.2) is 0 Å². The van der Waals surface area contributed by atoms with E-state index in [2.05, 4.69) is 0 Å². The van der Waals surface area contributed by atoms with Gasteiger partial charge in [-0.1, -0.05) is 0 Å². The van der Waals surface area contributed by atoms with Gasteiger partial charge in [-0.15, -0.1) is 34.8 Å². The van der Waals surface area contributed by atoms with E-state index in [1.54, 1.807) is 0 Å². The summed E-state index contributed by atoms with van der Waals surface area (Å²) in [5, 5.41) is 0. The summed E-state index contributed by atoms with van der Waals surface area (Å²) in [5.41, 5.74) is 0. The SMILES string of the molecule is COC1(OC)[C@@]2(Cl)C[C@H](CCl)[C@]1(Cl)C(=O)C2=O. The van der Waals surface area contributed by atoms with Crippen molar-refractivity contribution in [1.82, 2.24) is 0 Å². The van der Waals surface area contributed by atoms with Crippen molar-refractivity contribution in [1.29, 1.82) is 0 Å². The topological polar surface area (TPSA) is 52.6 Å². The fourth-order valence-electron chi connectivity index (χ4n) is 2.96. The maximum Gasteiger partial charge on any atom is 0.227 e. The van der Waals surface area contributed by atoms with Crippen LogP contribution in [0, 0.1) is 5.92 Å². The second kappa shape index (κ2) is 3.81. The molecule has 0 amide bonds. The Kier molecular flexibility index (Phi) is 3.04. The average Bonchev–Trinajstić information content (AvgIpc) is 2.60. The van der Waals surface area contributed by atoms with E-state index in [4.69, 9.17) is 44.3 Å². The Balaban J connectivity index is 2.69. The highest BCUT2D eigenvalue weighted by atomic mass is 35.5. The molecule has 17 heavy (non-hydrogen) atoms. The fraction of sp³-hybridized carbons (Fsp3) is 0.800. The largest absolute Gasteiger partial charge is 0.349 e. The predicted octanol–water partition coefficient (Wildman–Crippen LogP) is 1.34. The van der Waals surface area contributed by atoms with Gasteiger partial charge in [-0.2, -0.15) is 0 Å². The number of hydrogen-bond donors (Lipinski definition) is 0. The standard InChI is InChI=1S/C10H11Cl3O4/c1-16-10(17-2)8(12)3-5(4-11)9(10,13)7(15)6(8)14/h5H,3-4H2,1-2H3/t5-,8-,9+/m1/s1. The van der Waals surface area contributed by atoms with Gasteiger partial charge in [-0.25, -0.2) is 0 Å². The van der Waals surface area contributed by atoms with E-state index in [0.29, 0.717) is 0 Å². The number of fused-ring (bicyclic) bond motifs is 2. The third-order valence-corrected chi connectivity index (χ3v) is 5.42. The number of methoxy groups -OCH3 is 2. The lowest BCUT2D eigenvalue weighted by Gasteiger charge is -2.38. The highest BCUT2D eigenvalue weighted by molar-refractivity contribution is 6.66. The summed E-state index contributed by atoms with van der Waals surface area (Å²) in [5.74, 6) is -3.56. The minimum absolute atomic E-state index is 0.103. The van der Waals surface area contributed by atoms with E-state index in [1.165, 1.54) is 14.2 Å². The van der Waals surface area contributed by atoms with E-state index >= 15 is 0 Å². The third kappa shape index (κ3) is 1.14. The summed E-state index contributed by atoms with van der Waals surface area (Å²) in [6, 6.07) is 0. The summed E-state index contributed by atoms with van der Waals surface area (Å²) in [6.07, 6.45) is 0.161. The smallest absolute Gasteiger partial charge is 0.227 e. The lowest BCUT2D eigenvalue weighted by molar-refractivity contribution is -0.220. The molecule has 0 aromatic rings. The highest BCUT2D eigenvalue weighted by Crippen LogP contribution is 2.64. The van der Waals surface area contributed by atoms with Crippen LogP contribution in [-0.2, 0) is 19.1 Å². The van der Waals surface area contributed by atoms with Gasteiger partial charge in [-0.05, 0) is 6.42 Å². The molecule has 7 heteroatoms. The number of ether oxygens (including phenoxy) is 2. The van der Waals surface area contributed by atoms with Gasteiger partial charge >= 0.3 is 0 Å². The van der Waals surface area contributed by atoms with Crippen LogP contribution >= 0.6 is 34.8 Å². The summed E-state index contributed by atoms with van der Waals surface area (Å²) >= 11 is 18.4. The highest BCUT2D eigenvalue weighted by Gasteiger charge is 2.85. The Labute approximate surface area is 113 Å². The van der Waals surface area contributed by atoms with Crippen molar-refractivity contribution >= 4 is 46.4 Å². The van der Waals surface area contributed by atoms with Crippen LogP contribution in [0.1, 0.15) is 6.42 Å². The maximum absolute atomic E-state index is 12.0. The molecule has 3 atom stereocenters. The molecule has 0 saturated heterocycles. The molecule has 0 N–H and O–H groups in total. The van der Waals surface area contributed by atoms with Crippen molar-refractivity contribution in [2.45, 2.75) is 22.0 Å². The van der Waals surface area contributed by atoms with E-state index in [1.807, 2.05) is 0 Å². The molecular formula is C10H11Cl3O4. The molecule has 96 valence electrons. The van der Waals surface area contributed by atoms with Gasteiger partial charge in [0.15, 0.2) is 9.75 Å². The zero-order valence-corrected chi connectivity index (χ0v) is 11.5. The van der Waals surface area contributed by atoms with Crippen molar-refractivity contribution in [2.75, 3.05) is 20.1 Å². The van der Waals surface area contributed by atoms with Gasteiger partial charge in [0, 0.05) is 26.0 Å². The van der Waals surface area contributed by atoms with Crippen LogP contribution in [0.25, 0.3) is 0 Å². The Morgan fingerprint density at radius 2 is 1.76 bits per heavy atom. The second-order valence-electron chi connectivity index (χ2n) is 4.25.